The molecule has 0 aliphatic carbocycles. The van der Waals surface area contributed by atoms with E-state index in [2.05, 4.69) is 0 Å². The zero-order valence-electron chi connectivity index (χ0n) is 14.8. The highest BCUT2D eigenvalue weighted by molar-refractivity contribution is 5.81. The Hall–Kier alpha value is -3.28. The maximum atomic E-state index is 12.2. The van der Waals surface area contributed by atoms with Gasteiger partial charge in [-0.2, -0.15) is 0 Å². The second-order valence-electron chi connectivity index (χ2n) is 6.41. The van der Waals surface area contributed by atoms with Gasteiger partial charge in [0, 0.05) is 17.0 Å². The van der Waals surface area contributed by atoms with E-state index in [1.807, 2.05) is 25.1 Å². The van der Waals surface area contributed by atoms with Crippen molar-refractivity contribution in [2.24, 2.45) is 0 Å². The Labute approximate surface area is 155 Å². The molecule has 6 nitrogen and oxygen atoms in total. The largest absolute Gasteiger partial charge is 0.486 e. The van der Waals surface area contributed by atoms with Gasteiger partial charge in [0.1, 0.15) is 25.4 Å². The number of ether oxygens (including phenoxy) is 3. The molecule has 0 bridgehead atoms. The summed E-state index contributed by atoms with van der Waals surface area (Å²) in [4.78, 5) is 24.0. The van der Waals surface area contributed by atoms with Gasteiger partial charge in [0.2, 0.25) is 0 Å². The van der Waals surface area contributed by atoms with Crippen molar-refractivity contribution in [3.05, 3.63) is 69.6 Å². The molecule has 1 aliphatic heterocycles. The first-order valence-electron chi connectivity index (χ1n) is 8.66. The van der Waals surface area contributed by atoms with Crippen LogP contribution in [0, 0.1) is 6.92 Å². The average Bonchev–Trinajstić information content (AvgIpc) is 2.65. The minimum Gasteiger partial charge on any atom is -0.486 e. The van der Waals surface area contributed by atoms with E-state index in [0.717, 1.165) is 16.5 Å². The zero-order valence-corrected chi connectivity index (χ0v) is 14.8. The molecule has 4 rings (SSSR count). The molecule has 6 heteroatoms. The Morgan fingerprint density at radius 2 is 1.85 bits per heavy atom. The van der Waals surface area contributed by atoms with E-state index in [9.17, 15) is 9.59 Å². The topological polar surface area (TPSA) is 75.0 Å². The summed E-state index contributed by atoms with van der Waals surface area (Å²) in [5, 5.41) is 0.757. The molecule has 0 N–H and O–H groups in total. The lowest BCUT2D eigenvalue weighted by atomic mass is 10.1. The Balaban J connectivity index is 1.47. The SMILES string of the molecule is Cc1ccc2c(COC(=O)Cc3ccc4c(c3)OCCO4)cc(=O)oc2c1. The van der Waals surface area contributed by atoms with Crippen LogP contribution >= 0.6 is 0 Å². The molecule has 0 amide bonds. The Morgan fingerprint density at radius 1 is 1.04 bits per heavy atom. The number of hydrogen-bond donors (Lipinski definition) is 0. The maximum Gasteiger partial charge on any atom is 0.336 e. The Kier molecular flexibility index (Phi) is 4.54. The Morgan fingerprint density at radius 3 is 2.70 bits per heavy atom. The fraction of sp³-hybridized carbons (Fsp3) is 0.238. The van der Waals surface area contributed by atoms with Gasteiger partial charge in [0.25, 0.3) is 0 Å². The molecule has 1 aromatic heterocycles. The van der Waals surface area contributed by atoms with E-state index in [-0.39, 0.29) is 19.0 Å². The van der Waals surface area contributed by atoms with Crippen LogP contribution < -0.4 is 15.1 Å². The molecule has 27 heavy (non-hydrogen) atoms. The van der Waals surface area contributed by atoms with Crippen LogP contribution in [-0.4, -0.2) is 19.2 Å². The van der Waals surface area contributed by atoms with Crippen molar-refractivity contribution in [2.45, 2.75) is 20.0 Å². The summed E-state index contributed by atoms with van der Waals surface area (Å²) in [5.74, 6) is 0.921. The number of aryl methyl sites for hydroxylation is 1. The molecule has 0 fully saturated rings. The first kappa shape index (κ1) is 17.1. The summed E-state index contributed by atoms with van der Waals surface area (Å²) in [6, 6.07) is 12.3. The molecule has 0 saturated carbocycles. The molecule has 0 unspecified atom stereocenters. The maximum absolute atomic E-state index is 12.2. The summed E-state index contributed by atoms with van der Waals surface area (Å²) in [6.07, 6.45) is 0.106. The van der Waals surface area contributed by atoms with Crippen molar-refractivity contribution < 1.29 is 23.4 Å². The van der Waals surface area contributed by atoms with Crippen LogP contribution in [0.4, 0.5) is 0 Å². The molecular weight excluding hydrogens is 348 g/mol. The van der Waals surface area contributed by atoms with E-state index in [4.69, 9.17) is 18.6 Å². The summed E-state index contributed by atoms with van der Waals surface area (Å²) in [5.41, 5.74) is 2.40. The van der Waals surface area contributed by atoms with Crippen molar-refractivity contribution in [2.75, 3.05) is 13.2 Å². The van der Waals surface area contributed by atoms with Gasteiger partial charge in [-0.25, -0.2) is 4.79 Å². The predicted octanol–water partition coefficient (Wildman–Crippen LogP) is 3.16. The monoisotopic (exact) mass is 366 g/mol. The van der Waals surface area contributed by atoms with Crippen LogP contribution in [-0.2, 0) is 22.6 Å². The van der Waals surface area contributed by atoms with Crippen LogP contribution in [0.5, 0.6) is 11.5 Å². The lowest BCUT2D eigenvalue weighted by molar-refractivity contribution is -0.144. The average molecular weight is 366 g/mol. The molecule has 138 valence electrons. The van der Waals surface area contributed by atoms with Gasteiger partial charge in [-0.15, -0.1) is 0 Å². The number of esters is 1. The van der Waals surface area contributed by atoms with Crippen molar-refractivity contribution >= 4 is 16.9 Å². The lowest BCUT2D eigenvalue weighted by Crippen LogP contribution is -2.16. The fourth-order valence-electron chi connectivity index (χ4n) is 3.03. The van der Waals surface area contributed by atoms with Crippen molar-refractivity contribution in [1.29, 1.82) is 0 Å². The van der Waals surface area contributed by atoms with E-state index < -0.39 is 5.63 Å². The van der Waals surface area contributed by atoms with E-state index in [1.54, 1.807) is 18.2 Å². The molecule has 0 spiro atoms. The normalized spacial score (nSPS) is 12.8. The van der Waals surface area contributed by atoms with E-state index in [1.165, 1.54) is 6.07 Å². The third-order valence-electron chi connectivity index (χ3n) is 4.33. The van der Waals surface area contributed by atoms with E-state index in [0.29, 0.717) is 35.9 Å². The Bertz CT molecular complexity index is 1070. The minimum absolute atomic E-state index is 0.00848. The van der Waals surface area contributed by atoms with Gasteiger partial charge < -0.3 is 18.6 Å². The van der Waals surface area contributed by atoms with Crippen LogP contribution in [0.2, 0.25) is 0 Å². The quantitative estimate of drug-likeness (QED) is 0.522. The third kappa shape index (κ3) is 3.79. The van der Waals surface area contributed by atoms with Gasteiger partial charge >= 0.3 is 11.6 Å². The fourth-order valence-corrected chi connectivity index (χ4v) is 3.03. The number of fused-ring (bicyclic) bond motifs is 2. The molecule has 3 aromatic rings. The van der Waals surface area contributed by atoms with Gasteiger partial charge in [-0.05, 0) is 36.2 Å². The van der Waals surface area contributed by atoms with Crippen LogP contribution in [0.1, 0.15) is 16.7 Å². The van der Waals surface area contributed by atoms with Gasteiger partial charge in [-0.3, -0.25) is 4.79 Å². The van der Waals surface area contributed by atoms with Gasteiger partial charge in [-0.1, -0.05) is 18.2 Å². The highest BCUT2D eigenvalue weighted by Crippen LogP contribution is 2.31. The van der Waals surface area contributed by atoms with Crippen molar-refractivity contribution in [3.8, 4) is 11.5 Å². The molecule has 0 saturated heterocycles. The van der Waals surface area contributed by atoms with Gasteiger partial charge in [0.15, 0.2) is 11.5 Å². The van der Waals surface area contributed by atoms with E-state index >= 15 is 0 Å². The summed E-state index contributed by atoms with van der Waals surface area (Å²) in [6.45, 7) is 2.94. The van der Waals surface area contributed by atoms with Crippen molar-refractivity contribution in [3.63, 3.8) is 0 Å². The lowest BCUT2D eigenvalue weighted by Gasteiger charge is -2.18. The highest BCUT2D eigenvalue weighted by atomic mass is 16.6. The molecular formula is C21H18O6. The summed E-state index contributed by atoms with van der Waals surface area (Å²) in [7, 11) is 0. The summed E-state index contributed by atoms with van der Waals surface area (Å²) < 4.78 is 21.6. The molecule has 2 heterocycles. The second-order valence-corrected chi connectivity index (χ2v) is 6.41. The highest BCUT2D eigenvalue weighted by Gasteiger charge is 2.14. The second kappa shape index (κ2) is 7.15. The standard InChI is InChI=1S/C21H18O6/c1-13-2-4-16-15(11-21(23)27-18(16)8-13)12-26-20(22)10-14-3-5-17-19(9-14)25-7-6-24-17/h2-5,8-9,11H,6-7,10,12H2,1H3. The number of rotatable bonds is 4. The number of carbonyl (C=O) groups is 1. The predicted molar refractivity (Wildman–Crippen MR) is 98.2 cm³/mol. The third-order valence-corrected chi connectivity index (χ3v) is 4.33. The van der Waals surface area contributed by atoms with Crippen LogP contribution in [0.3, 0.4) is 0 Å². The molecule has 2 aromatic carbocycles. The van der Waals surface area contributed by atoms with Crippen LogP contribution in [0.25, 0.3) is 11.0 Å². The molecule has 1 aliphatic rings. The summed E-state index contributed by atoms with van der Waals surface area (Å²) >= 11 is 0. The zero-order chi connectivity index (χ0) is 18.8. The number of benzene rings is 2. The molecule has 0 atom stereocenters. The number of hydrogen-bond acceptors (Lipinski definition) is 6. The number of carbonyl (C=O) groups excluding carboxylic acids is 1. The van der Waals surface area contributed by atoms with Crippen LogP contribution in [0.15, 0.2) is 51.7 Å². The molecule has 0 radical (unpaired) electrons. The first-order chi connectivity index (χ1) is 13.1. The minimum atomic E-state index is -0.467. The first-order valence-corrected chi connectivity index (χ1v) is 8.66. The van der Waals surface area contributed by atoms with Crippen molar-refractivity contribution in [1.82, 2.24) is 0 Å². The smallest absolute Gasteiger partial charge is 0.336 e. The van der Waals surface area contributed by atoms with Gasteiger partial charge in [0.05, 0.1) is 6.42 Å².